The zero-order valence-corrected chi connectivity index (χ0v) is 20.1. The van der Waals surface area contributed by atoms with Gasteiger partial charge in [-0.15, -0.1) is 0 Å². The minimum Gasteiger partial charge on any atom is -0.385 e. The van der Waals surface area contributed by atoms with Crippen LogP contribution in [-0.2, 0) is 4.79 Å². The molecule has 170 valence electrons. The molecule has 1 aromatic heterocycles. The van der Waals surface area contributed by atoms with Crippen molar-refractivity contribution in [2.75, 3.05) is 35.7 Å². The van der Waals surface area contributed by atoms with Gasteiger partial charge in [0.15, 0.2) is 5.16 Å². The van der Waals surface area contributed by atoms with Gasteiger partial charge < -0.3 is 21.3 Å². The van der Waals surface area contributed by atoms with Crippen molar-refractivity contribution in [2.45, 2.75) is 44.2 Å². The van der Waals surface area contributed by atoms with Gasteiger partial charge in [-0.25, -0.2) is 9.97 Å². The van der Waals surface area contributed by atoms with Crippen LogP contribution in [0.1, 0.15) is 34.1 Å². The van der Waals surface area contributed by atoms with Crippen molar-refractivity contribution in [1.29, 1.82) is 0 Å². The number of aliphatic imine (C=N–C) groups is 1. The molecule has 0 spiro atoms. The van der Waals surface area contributed by atoms with Crippen LogP contribution in [0.2, 0.25) is 0 Å². The molecule has 2 heterocycles. The van der Waals surface area contributed by atoms with Crippen molar-refractivity contribution in [3.63, 3.8) is 0 Å². The molecule has 1 amide bonds. The molecular formula is C23H31N7OS. The lowest BCUT2D eigenvalue weighted by molar-refractivity contribution is -0.123. The second-order valence-electron chi connectivity index (χ2n) is 8.65. The molecule has 0 unspecified atom stereocenters. The standard InChI is InChI=1S/C23H31N7OS/c1-15(25-5)13-18(24)27-19-14-20(30-11-6-12-30)29-22(28-19)32-17-9-7-16(8-10-17)26-21(31)23(2,3)4/h7-10,13-14H,6,11-12,24H2,1-5H3,(H,26,31)(H,27,28,29)/b18-13+,25-15-. The van der Waals surface area contributed by atoms with Crippen molar-refractivity contribution < 1.29 is 4.79 Å². The van der Waals surface area contributed by atoms with E-state index in [1.54, 1.807) is 13.1 Å². The number of hydrogen-bond donors (Lipinski definition) is 3. The Hall–Kier alpha value is -3.07. The van der Waals surface area contributed by atoms with Crippen LogP contribution in [0.5, 0.6) is 0 Å². The van der Waals surface area contributed by atoms with Gasteiger partial charge in [-0.1, -0.05) is 20.8 Å². The number of hydrogen-bond acceptors (Lipinski definition) is 8. The van der Waals surface area contributed by atoms with Crippen LogP contribution in [0.3, 0.4) is 0 Å². The summed E-state index contributed by atoms with van der Waals surface area (Å²) in [4.78, 5) is 28.8. The van der Waals surface area contributed by atoms with Gasteiger partial charge in [0.25, 0.3) is 0 Å². The quantitative estimate of drug-likeness (QED) is 0.427. The zero-order chi connectivity index (χ0) is 23.3. The second kappa shape index (κ2) is 10.0. The van der Waals surface area contributed by atoms with Gasteiger partial charge >= 0.3 is 0 Å². The van der Waals surface area contributed by atoms with Crippen LogP contribution in [0.15, 0.2) is 57.3 Å². The molecule has 8 nitrogen and oxygen atoms in total. The predicted octanol–water partition coefficient (Wildman–Crippen LogP) is 4.13. The van der Waals surface area contributed by atoms with E-state index in [1.165, 1.54) is 11.8 Å². The molecule has 9 heteroatoms. The molecular weight excluding hydrogens is 422 g/mol. The minimum atomic E-state index is -0.445. The first-order valence-electron chi connectivity index (χ1n) is 10.5. The summed E-state index contributed by atoms with van der Waals surface area (Å²) < 4.78 is 0. The summed E-state index contributed by atoms with van der Waals surface area (Å²) in [5.74, 6) is 1.96. The highest BCUT2D eigenvalue weighted by Gasteiger charge is 2.21. The Morgan fingerprint density at radius 1 is 1.19 bits per heavy atom. The molecule has 1 aromatic carbocycles. The summed E-state index contributed by atoms with van der Waals surface area (Å²) >= 11 is 1.46. The molecule has 1 aliphatic heterocycles. The third kappa shape index (κ3) is 6.46. The molecule has 0 radical (unpaired) electrons. The fraction of sp³-hybridized carbons (Fsp3) is 0.391. The van der Waals surface area contributed by atoms with E-state index in [4.69, 9.17) is 10.7 Å². The summed E-state index contributed by atoms with van der Waals surface area (Å²) in [5, 5.41) is 6.70. The minimum absolute atomic E-state index is 0.0202. The SMILES string of the molecule is C/N=C(C)\C=C(/N)Nc1cc(N2CCC2)nc(Sc2ccc(NC(=O)C(C)(C)C)cc2)n1. The number of allylic oxidation sites excluding steroid dienone is 1. The molecule has 1 fully saturated rings. The summed E-state index contributed by atoms with van der Waals surface area (Å²) in [7, 11) is 1.72. The van der Waals surface area contributed by atoms with E-state index in [2.05, 4.69) is 25.5 Å². The Kier molecular flexibility index (Phi) is 7.40. The third-order valence-electron chi connectivity index (χ3n) is 4.86. The monoisotopic (exact) mass is 453 g/mol. The van der Waals surface area contributed by atoms with Crippen molar-refractivity contribution in [1.82, 2.24) is 9.97 Å². The highest BCUT2D eigenvalue weighted by Crippen LogP contribution is 2.30. The predicted molar refractivity (Wildman–Crippen MR) is 132 cm³/mol. The number of carbonyl (C=O) groups is 1. The van der Waals surface area contributed by atoms with Gasteiger partial charge in [0.2, 0.25) is 5.91 Å². The Morgan fingerprint density at radius 3 is 2.44 bits per heavy atom. The molecule has 32 heavy (non-hydrogen) atoms. The maximum atomic E-state index is 12.2. The number of amides is 1. The Labute approximate surface area is 193 Å². The van der Waals surface area contributed by atoms with Gasteiger partial charge in [0.05, 0.1) is 0 Å². The van der Waals surface area contributed by atoms with Crippen molar-refractivity contribution in [3.8, 4) is 0 Å². The number of nitrogens with two attached hydrogens (primary N) is 1. The van der Waals surface area contributed by atoms with Gasteiger partial charge in [-0.3, -0.25) is 9.79 Å². The third-order valence-corrected chi connectivity index (χ3v) is 5.74. The number of carbonyl (C=O) groups excluding carboxylic acids is 1. The van der Waals surface area contributed by atoms with Crippen molar-refractivity contribution in [3.05, 3.63) is 42.2 Å². The molecule has 0 bridgehead atoms. The van der Waals surface area contributed by atoms with E-state index in [1.807, 2.05) is 58.0 Å². The van der Waals surface area contributed by atoms with Crippen LogP contribution >= 0.6 is 11.8 Å². The molecule has 0 aliphatic carbocycles. The average Bonchev–Trinajstić information content (AvgIpc) is 2.67. The number of rotatable bonds is 7. The molecule has 4 N–H and O–H groups in total. The molecule has 1 aliphatic rings. The number of aromatic nitrogens is 2. The van der Waals surface area contributed by atoms with Crippen LogP contribution in [-0.4, -0.2) is 41.7 Å². The molecule has 0 saturated carbocycles. The van der Waals surface area contributed by atoms with Crippen molar-refractivity contribution >= 4 is 40.7 Å². The molecule has 1 saturated heterocycles. The van der Waals surface area contributed by atoms with E-state index in [9.17, 15) is 4.79 Å². The van der Waals surface area contributed by atoms with Gasteiger partial charge in [-0.2, -0.15) is 0 Å². The first-order valence-corrected chi connectivity index (χ1v) is 11.4. The zero-order valence-electron chi connectivity index (χ0n) is 19.3. The lowest BCUT2D eigenvalue weighted by Crippen LogP contribution is -2.37. The summed E-state index contributed by atoms with van der Waals surface area (Å²) in [5.41, 5.74) is 7.24. The van der Waals surface area contributed by atoms with E-state index in [-0.39, 0.29) is 5.91 Å². The topological polar surface area (TPSA) is 109 Å². The van der Waals surface area contributed by atoms with Crippen molar-refractivity contribution in [2.24, 2.45) is 16.1 Å². The Balaban J connectivity index is 1.78. The molecule has 0 atom stereocenters. The maximum absolute atomic E-state index is 12.2. The number of nitrogens with one attached hydrogen (secondary N) is 2. The maximum Gasteiger partial charge on any atom is 0.229 e. The van der Waals surface area contributed by atoms with E-state index in [0.29, 0.717) is 16.8 Å². The highest BCUT2D eigenvalue weighted by atomic mass is 32.2. The fourth-order valence-corrected chi connectivity index (χ4v) is 3.50. The first kappa shape index (κ1) is 23.6. The molecule has 3 rings (SSSR count). The second-order valence-corrected chi connectivity index (χ2v) is 9.70. The van der Waals surface area contributed by atoms with Gasteiger partial charge in [-0.05, 0) is 55.4 Å². The fourth-order valence-electron chi connectivity index (χ4n) is 2.73. The number of benzene rings is 1. The summed E-state index contributed by atoms with van der Waals surface area (Å²) in [6.07, 6.45) is 2.92. The normalized spacial score (nSPS) is 14.7. The first-order chi connectivity index (χ1) is 15.1. The van der Waals surface area contributed by atoms with E-state index >= 15 is 0 Å². The summed E-state index contributed by atoms with van der Waals surface area (Å²) in [6, 6.07) is 9.58. The van der Waals surface area contributed by atoms with Crippen LogP contribution < -0.4 is 21.3 Å². The van der Waals surface area contributed by atoms with E-state index < -0.39 is 5.41 Å². The molecule has 2 aromatic rings. The van der Waals surface area contributed by atoms with E-state index in [0.717, 1.165) is 41.6 Å². The Bertz CT molecular complexity index is 1020. The number of anilines is 3. The highest BCUT2D eigenvalue weighted by molar-refractivity contribution is 7.99. The van der Waals surface area contributed by atoms with Gasteiger partial charge in [0.1, 0.15) is 17.5 Å². The average molecular weight is 454 g/mol. The van der Waals surface area contributed by atoms with Crippen LogP contribution in [0.4, 0.5) is 17.3 Å². The largest absolute Gasteiger partial charge is 0.385 e. The lowest BCUT2D eigenvalue weighted by Gasteiger charge is -2.32. The summed E-state index contributed by atoms with van der Waals surface area (Å²) in [6.45, 7) is 9.51. The smallest absolute Gasteiger partial charge is 0.229 e. The van der Waals surface area contributed by atoms with Gasteiger partial charge in [0, 0.05) is 47.9 Å². The lowest BCUT2D eigenvalue weighted by atomic mass is 9.95. The van der Waals surface area contributed by atoms with Crippen LogP contribution in [0.25, 0.3) is 0 Å². The Morgan fingerprint density at radius 2 is 1.88 bits per heavy atom. The number of nitrogens with zero attached hydrogens (tertiary/aromatic N) is 4. The van der Waals surface area contributed by atoms with Crippen LogP contribution in [0, 0.1) is 5.41 Å².